The molecule has 2 N–H and O–H groups in total. The maximum atomic E-state index is 5.88. The number of nitrogens with two attached hydrogens (primary N) is 1. The third-order valence-electron chi connectivity index (χ3n) is 2.67. The molecule has 0 atom stereocenters. The Kier molecular flexibility index (Phi) is 4.22. The molecule has 0 aliphatic carbocycles. The summed E-state index contributed by atoms with van der Waals surface area (Å²) in [6.07, 6.45) is 1.63. The predicted molar refractivity (Wildman–Crippen MR) is 79.3 cm³/mol. The zero-order valence-corrected chi connectivity index (χ0v) is 12.2. The first-order valence-electron chi connectivity index (χ1n) is 5.45. The average molecular weight is 327 g/mol. The molecule has 0 fully saturated rings. The van der Waals surface area contributed by atoms with Gasteiger partial charge in [0.05, 0.1) is 9.50 Å². The molecule has 0 aliphatic heterocycles. The van der Waals surface area contributed by atoms with Gasteiger partial charge >= 0.3 is 0 Å². The first-order valence-corrected chi connectivity index (χ1v) is 6.62. The fourth-order valence-electron chi connectivity index (χ4n) is 1.63. The first kappa shape index (κ1) is 13.3. The molecule has 1 aromatic heterocycles. The van der Waals surface area contributed by atoms with Crippen LogP contribution < -0.4 is 10.6 Å². The van der Waals surface area contributed by atoms with Gasteiger partial charge in [0.25, 0.3) is 0 Å². The van der Waals surface area contributed by atoms with Gasteiger partial charge in [-0.1, -0.05) is 23.7 Å². The van der Waals surface area contributed by atoms with Crippen molar-refractivity contribution in [2.75, 3.05) is 11.9 Å². The van der Waals surface area contributed by atoms with E-state index in [4.69, 9.17) is 17.3 Å². The Morgan fingerprint density at radius 2 is 2.00 bits per heavy atom. The van der Waals surface area contributed by atoms with Crippen LogP contribution in [0.5, 0.6) is 0 Å². The van der Waals surface area contributed by atoms with Gasteiger partial charge in [-0.25, -0.2) is 4.98 Å². The van der Waals surface area contributed by atoms with Crippen molar-refractivity contribution in [2.24, 2.45) is 5.73 Å². The lowest BCUT2D eigenvalue weighted by molar-refractivity contribution is 1.06. The van der Waals surface area contributed by atoms with E-state index in [1.165, 1.54) is 0 Å². The van der Waals surface area contributed by atoms with E-state index in [1.807, 2.05) is 42.3 Å². The molecular weight excluding hydrogens is 314 g/mol. The molecule has 0 saturated carbocycles. The van der Waals surface area contributed by atoms with Crippen LogP contribution in [0.25, 0.3) is 0 Å². The lowest BCUT2D eigenvalue weighted by Crippen LogP contribution is -2.12. The quantitative estimate of drug-likeness (QED) is 0.934. The van der Waals surface area contributed by atoms with E-state index < -0.39 is 0 Å². The molecule has 1 aromatic carbocycles. The molecule has 2 aromatic rings. The fourth-order valence-corrected chi connectivity index (χ4v) is 2.54. The zero-order chi connectivity index (χ0) is 13.1. The van der Waals surface area contributed by atoms with Crippen LogP contribution in [-0.4, -0.2) is 12.0 Å². The molecule has 2 rings (SSSR count). The Labute approximate surface area is 120 Å². The molecule has 0 aliphatic rings. The molecule has 0 radical (unpaired) electrons. The van der Waals surface area contributed by atoms with E-state index in [0.717, 1.165) is 21.5 Å². The van der Waals surface area contributed by atoms with E-state index >= 15 is 0 Å². The van der Waals surface area contributed by atoms with E-state index in [-0.39, 0.29) is 0 Å². The van der Waals surface area contributed by atoms with Crippen LogP contribution in [-0.2, 0) is 6.54 Å². The van der Waals surface area contributed by atoms with Gasteiger partial charge in [0.1, 0.15) is 5.82 Å². The number of halogens is 2. The maximum Gasteiger partial charge on any atom is 0.147 e. The summed E-state index contributed by atoms with van der Waals surface area (Å²) in [7, 11) is 1.96. The average Bonchev–Trinajstić information content (AvgIpc) is 2.38. The molecule has 0 saturated heterocycles. The molecule has 1 heterocycles. The minimum absolute atomic E-state index is 0.548. The minimum atomic E-state index is 0.548. The van der Waals surface area contributed by atoms with Gasteiger partial charge in [0, 0.05) is 25.5 Å². The SMILES string of the molecule is CN(c1ccc(CN)cc1)c1ncc(Cl)cc1Br. The topological polar surface area (TPSA) is 42.1 Å². The summed E-state index contributed by atoms with van der Waals surface area (Å²) in [4.78, 5) is 6.31. The highest BCUT2D eigenvalue weighted by molar-refractivity contribution is 9.10. The molecule has 18 heavy (non-hydrogen) atoms. The number of anilines is 2. The Morgan fingerprint density at radius 3 is 2.56 bits per heavy atom. The number of aromatic nitrogens is 1. The maximum absolute atomic E-state index is 5.88. The summed E-state index contributed by atoms with van der Waals surface area (Å²) in [5.41, 5.74) is 7.73. The van der Waals surface area contributed by atoms with E-state index in [0.29, 0.717) is 11.6 Å². The van der Waals surface area contributed by atoms with Crippen LogP contribution in [0.2, 0.25) is 5.02 Å². The van der Waals surface area contributed by atoms with Gasteiger partial charge in [0.2, 0.25) is 0 Å². The second kappa shape index (κ2) is 5.69. The highest BCUT2D eigenvalue weighted by Crippen LogP contribution is 2.30. The van der Waals surface area contributed by atoms with Gasteiger partial charge in [-0.2, -0.15) is 0 Å². The Morgan fingerprint density at radius 1 is 1.33 bits per heavy atom. The Balaban J connectivity index is 2.31. The van der Waals surface area contributed by atoms with E-state index in [9.17, 15) is 0 Å². The number of pyridine rings is 1. The summed E-state index contributed by atoms with van der Waals surface area (Å²) >= 11 is 9.35. The lowest BCUT2D eigenvalue weighted by Gasteiger charge is -2.20. The molecule has 0 bridgehead atoms. The van der Waals surface area contributed by atoms with Crippen LogP contribution in [0, 0.1) is 0 Å². The van der Waals surface area contributed by atoms with Crippen LogP contribution >= 0.6 is 27.5 Å². The Hall–Kier alpha value is -1.10. The highest BCUT2D eigenvalue weighted by atomic mass is 79.9. The summed E-state index contributed by atoms with van der Waals surface area (Å²) < 4.78 is 0.861. The fraction of sp³-hybridized carbons (Fsp3) is 0.154. The normalized spacial score (nSPS) is 10.4. The molecule has 94 valence electrons. The smallest absolute Gasteiger partial charge is 0.147 e. The van der Waals surface area contributed by atoms with Crippen molar-refractivity contribution in [2.45, 2.75) is 6.54 Å². The molecule has 0 amide bonds. The monoisotopic (exact) mass is 325 g/mol. The predicted octanol–water partition coefficient (Wildman–Crippen LogP) is 3.72. The van der Waals surface area contributed by atoms with Crippen molar-refractivity contribution in [1.82, 2.24) is 4.98 Å². The van der Waals surface area contributed by atoms with Crippen LogP contribution in [0.3, 0.4) is 0 Å². The van der Waals surface area contributed by atoms with Gasteiger partial charge < -0.3 is 10.6 Å². The molecule has 0 unspecified atom stereocenters. The van der Waals surface area contributed by atoms with Crippen LogP contribution in [0.1, 0.15) is 5.56 Å². The lowest BCUT2D eigenvalue weighted by atomic mass is 10.2. The first-order chi connectivity index (χ1) is 8.61. The largest absolute Gasteiger partial charge is 0.329 e. The number of hydrogen-bond donors (Lipinski definition) is 1. The zero-order valence-electron chi connectivity index (χ0n) is 9.90. The minimum Gasteiger partial charge on any atom is -0.329 e. The van der Waals surface area contributed by atoms with Crippen molar-refractivity contribution >= 4 is 39.0 Å². The summed E-state index contributed by atoms with van der Waals surface area (Å²) in [5.74, 6) is 0.819. The summed E-state index contributed by atoms with van der Waals surface area (Å²) in [6, 6.07) is 9.88. The van der Waals surface area contributed by atoms with Gasteiger partial charge in [0.15, 0.2) is 0 Å². The van der Waals surface area contributed by atoms with E-state index in [2.05, 4.69) is 20.9 Å². The van der Waals surface area contributed by atoms with Crippen molar-refractivity contribution in [3.63, 3.8) is 0 Å². The molecule has 5 heteroatoms. The molecule has 3 nitrogen and oxygen atoms in total. The standard InChI is InChI=1S/C13H13BrClN3/c1-18(11-4-2-9(7-16)3-5-11)13-12(14)6-10(15)8-17-13/h2-6,8H,7,16H2,1H3. The number of nitrogens with zero attached hydrogens (tertiary/aromatic N) is 2. The summed E-state index contributed by atoms with van der Waals surface area (Å²) in [6.45, 7) is 0.548. The molecule has 0 spiro atoms. The second-order valence-corrected chi connectivity index (χ2v) is 5.18. The second-order valence-electron chi connectivity index (χ2n) is 3.89. The highest BCUT2D eigenvalue weighted by Gasteiger charge is 2.09. The number of benzene rings is 1. The number of hydrogen-bond acceptors (Lipinski definition) is 3. The van der Waals surface area contributed by atoms with Crippen LogP contribution in [0.4, 0.5) is 11.5 Å². The number of rotatable bonds is 3. The third-order valence-corrected chi connectivity index (χ3v) is 3.46. The summed E-state index contributed by atoms with van der Waals surface area (Å²) in [5, 5.41) is 0.609. The van der Waals surface area contributed by atoms with Crippen molar-refractivity contribution in [3.05, 3.63) is 51.6 Å². The Bertz CT molecular complexity index is 542. The molecular formula is C13H13BrClN3. The van der Waals surface area contributed by atoms with Crippen LogP contribution in [0.15, 0.2) is 41.0 Å². The van der Waals surface area contributed by atoms with Crippen molar-refractivity contribution in [1.29, 1.82) is 0 Å². The van der Waals surface area contributed by atoms with Crippen molar-refractivity contribution < 1.29 is 0 Å². The van der Waals surface area contributed by atoms with Crippen molar-refractivity contribution in [3.8, 4) is 0 Å². The van der Waals surface area contributed by atoms with E-state index in [1.54, 1.807) is 6.20 Å². The van der Waals surface area contributed by atoms with Gasteiger partial charge in [-0.05, 0) is 39.7 Å². The van der Waals surface area contributed by atoms with Gasteiger partial charge in [-0.15, -0.1) is 0 Å². The van der Waals surface area contributed by atoms with Gasteiger partial charge in [-0.3, -0.25) is 0 Å². The third kappa shape index (κ3) is 2.83.